The van der Waals surface area contributed by atoms with E-state index in [2.05, 4.69) is 35.9 Å². The summed E-state index contributed by atoms with van der Waals surface area (Å²) in [6.07, 6.45) is 2.71. The fraction of sp³-hybridized carbons (Fsp3) is 1.00. The molecule has 118 valence electrons. The van der Waals surface area contributed by atoms with Crippen LogP contribution in [0.15, 0.2) is 0 Å². The van der Waals surface area contributed by atoms with Gasteiger partial charge in [-0.3, -0.25) is 4.90 Å². The first kappa shape index (κ1) is 16.2. The van der Waals surface area contributed by atoms with Crippen molar-refractivity contribution in [1.29, 1.82) is 0 Å². The maximum Gasteiger partial charge on any atom is 0.0594 e. The molecule has 4 nitrogen and oxygen atoms in total. The van der Waals surface area contributed by atoms with Gasteiger partial charge in [-0.2, -0.15) is 0 Å². The molecular weight excluding hydrogens is 250 g/mol. The van der Waals surface area contributed by atoms with Crippen LogP contribution < -0.4 is 5.32 Å². The minimum atomic E-state index is 0.576. The van der Waals surface area contributed by atoms with Crippen LogP contribution in [0.4, 0.5) is 0 Å². The van der Waals surface area contributed by atoms with E-state index in [1.807, 2.05) is 0 Å². The van der Waals surface area contributed by atoms with E-state index in [9.17, 15) is 0 Å². The number of hydrogen-bond donors (Lipinski definition) is 1. The summed E-state index contributed by atoms with van der Waals surface area (Å²) in [5.41, 5.74) is 0. The van der Waals surface area contributed by atoms with E-state index < -0.39 is 0 Å². The van der Waals surface area contributed by atoms with Crippen molar-refractivity contribution in [3.63, 3.8) is 0 Å². The van der Waals surface area contributed by atoms with Crippen molar-refractivity contribution >= 4 is 0 Å². The first-order valence-corrected chi connectivity index (χ1v) is 8.47. The molecule has 0 saturated carbocycles. The Kier molecular flexibility index (Phi) is 6.75. The van der Waals surface area contributed by atoms with Gasteiger partial charge in [0.25, 0.3) is 0 Å². The Bertz CT molecular complexity index is 260. The van der Waals surface area contributed by atoms with E-state index >= 15 is 0 Å². The molecule has 0 aromatic carbocycles. The van der Waals surface area contributed by atoms with Gasteiger partial charge in [0.1, 0.15) is 0 Å². The van der Waals surface area contributed by atoms with E-state index in [1.165, 1.54) is 32.5 Å². The summed E-state index contributed by atoms with van der Waals surface area (Å²) in [7, 11) is 0. The van der Waals surface area contributed by atoms with Crippen LogP contribution >= 0.6 is 0 Å². The standard InChI is InChI=1S/C16H33N3O/c1-4-18-7-5-16(6-8-18)15(3)17-14(2)13-19-9-11-20-12-10-19/h14-17H,4-13H2,1-3H3. The zero-order valence-corrected chi connectivity index (χ0v) is 13.6. The normalized spacial score (nSPS) is 26.6. The van der Waals surface area contributed by atoms with E-state index in [1.54, 1.807) is 0 Å². The zero-order chi connectivity index (χ0) is 14.4. The van der Waals surface area contributed by atoms with Crippen LogP contribution in [-0.2, 0) is 4.74 Å². The van der Waals surface area contributed by atoms with Gasteiger partial charge < -0.3 is 15.0 Å². The molecule has 0 aromatic heterocycles. The Hall–Kier alpha value is -0.160. The minimum absolute atomic E-state index is 0.576. The van der Waals surface area contributed by atoms with Gasteiger partial charge in [0, 0.05) is 31.7 Å². The Morgan fingerprint density at radius 1 is 1.05 bits per heavy atom. The number of nitrogens with one attached hydrogen (secondary N) is 1. The van der Waals surface area contributed by atoms with E-state index in [0.29, 0.717) is 12.1 Å². The molecule has 4 heteroatoms. The topological polar surface area (TPSA) is 27.7 Å². The fourth-order valence-electron chi connectivity index (χ4n) is 3.58. The second-order valence-electron chi connectivity index (χ2n) is 6.54. The second kappa shape index (κ2) is 8.32. The number of nitrogens with zero attached hydrogens (tertiary/aromatic N) is 2. The van der Waals surface area contributed by atoms with Crippen LogP contribution in [0.2, 0.25) is 0 Å². The predicted octanol–water partition coefficient (Wildman–Crippen LogP) is 1.42. The summed E-state index contributed by atoms with van der Waals surface area (Å²) in [5.74, 6) is 0.852. The van der Waals surface area contributed by atoms with Crippen LogP contribution in [0.3, 0.4) is 0 Å². The van der Waals surface area contributed by atoms with Crippen molar-refractivity contribution in [2.24, 2.45) is 5.92 Å². The Morgan fingerprint density at radius 3 is 2.30 bits per heavy atom. The predicted molar refractivity (Wildman–Crippen MR) is 84.2 cm³/mol. The lowest BCUT2D eigenvalue weighted by Crippen LogP contribution is -2.49. The molecule has 2 saturated heterocycles. The Balaban J connectivity index is 1.66. The van der Waals surface area contributed by atoms with Crippen molar-refractivity contribution in [1.82, 2.24) is 15.1 Å². The zero-order valence-electron chi connectivity index (χ0n) is 13.6. The minimum Gasteiger partial charge on any atom is -0.379 e. The van der Waals surface area contributed by atoms with Crippen molar-refractivity contribution < 1.29 is 4.74 Å². The number of piperidine rings is 1. The summed E-state index contributed by atoms with van der Waals surface area (Å²) in [6, 6.07) is 1.22. The molecule has 2 atom stereocenters. The molecule has 0 aromatic rings. The highest BCUT2D eigenvalue weighted by Crippen LogP contribution is 2.20. The van der Waals surface area contributed by atoms with Gasteiger partial charge in [0.05, 0.1) is 13.2 Å². The smallest absolute Gasteiger partial charge is 0.0594 e. The molecule has 2 unspecified atom stereocenters. The number of hydrogen-bond acceptors (Lipinski definition) is 4. The lowest BCUT2D eigenvalue weighted by atomic mass is 9.90. The molecule has 0 spiro atoms. The highest BCUT2D eigenvalue weighted by Gasteiger charge is 2.24. The molecule has 0 amide bonds. The molecule has 0 radical (unpaired) electrons. The summed E-state index contributed by atoms with van der Waals surface area (Å²) >= 11 is 0. The molecule has 2 rings (SSSR count). The van der Waals surface area contributed by atoms with Gasteiger partial charge >= 0.3 is 0 Å². The molecule has 1 N–H and O–H groups in total. The van der Waals surface area contributed by atoms with Crippen molar-refractivity contribution in [2.45, 2.75) is 45.7 Å². The highest BCUT2D eigenvalue weighted by molar-refractivity contribution is 4.82. The van der Waals surface area contributed by atoms with E-state index in [4.69, 9.17) is 4.74 Å². The lowest BCUT2D eigenvalue weighted by Gasteiger charge is -2.37. The van der Waals surface area contributed by atoms with Crippen LogP contribution in [0, 0.1) is 5.92 Å². The largest absolute Gasteiger partial charge is 0.379 e. The summed E-state index contributed by atoms with van der Waals surface area (Å²) < 4.78 is 5.41. The number of likely N-dealkylation sites (tertiary alicyclic amines) is 1. The van der Waals surface area contributed by atoms with Crippen LogP contribution in [0.1, 0.15) is 33.6 Å². The van der Waals surface area contributed by atoms with Crippen molar-refractivity contribution in [3.8, 4) is 0 Å². The van der Waals surface area contributed by atoms with E-state index in [0.717, 1.165) is 38.8 Å². The Morgan fingerprint density at radius 2 is 1.70 bits per heavy atom. The molecule has 2 fully saturated rings. The Labute approximate surface area is 124 Å². The summed E-state index contributed by atoms with van der Waals surface area (Å²) in [6.45, 7) is 15.9. The van der Waals surface area contributed by atoms with Crippen LogP contribution in [-0.4, -0.2) is 74.4 Å². The lowest BCUT2D eigenvalue weighted by molar-refractivity contribution is 0.0331. The number of ether oxygens (including phenoxy) is 1. The SMILES string of the molecule is CCN1CCC(C(C)NC(C)CN2CCOCC2)CC1. The maximum absolute atomic E-state index is 5.41. The molecular formula is C16H33N3O. The number of rotatable bonds is 6. The van der Waals surface area contributed by atoms with Gasteiger partial charge in [-0.25, -0.2) is 0 Å². The van der Waals surface area contributed by atoms with Crippen molar-refractivity contribution in [2.75, 3.05) is 52.5 Å². The molecule has 20 heavy (non-hydrogen) atoms. The molecule has 0 bridgehead atoms. The highest BCUT2D eigenvalue weighted by atomic mass is 16.5. The summed E-state index contributed by atoms with van der Waals surface area (Å²) in [4.78, 5) is 5.09. The van der Waals surface area contributed by atoms with Gasteiger partial charge in [0.2, 0.25) is 0 Å². The molecule has 2 aliphatic rings. The van der Waals surface area contributed by atoms with Gasteiger partial charge in [-0.1, -0.05) is 6.92 Å². The quantitative estimate of drug-likeness (QED) is 0.798. The third-order valence-corrected chi connectivity index (χ3v) is 4.97. The monoisotopic (exact) mass is 283 g/mol. The van der Waals surface area contributed by atoms with Crippen LogP contribution in [0.25, 0.3) is 0 Å². The third-order valence-electron chi connectivity index (χ3n) is 4.97. The van der Waals surface area contributed by atoms with Crippen LogP contribution in [0.5, 0.6) is 0 Å². The first-order chi connectivity index (χ1) is 9.69. The second-order valence-corrected chi connectivity index (χ2v) is 6.54. The molecule has 2 aliphatic heterocycles. The van der Waals surface area contributed by atoms with Crippen molar-refractivity contribution in [3.05, 3.63) is 0 Å². The van der Waals surface area contributed by atoms with Gasteiger partial charge in [0.15, 0.2) is 0 Å². The molecule has 2 heterocycles. The van der Waals surface area contributed by atoms with Gasteiger partial charge in [-0.15, -0.1) is 0 Å². The summed E-state index contributed by atoms with van der Waals surface area (Å²) in [5, 5.41) is 3.83. The van der Waals surface area contributed by atoms with E-state index in [-0.39, 0.29) is 0 Å². The maximum atomic E-state index is 5.41. The average Bonchev–Trinajstić information content (AvgIpc) is 2.48. The first-order valence-electron chi connectivity index (χ1n) is 8.47. The van der Waals surface area contributed by atoms with Gasteiger partial charge in [-0.05, 0) is 52.2 Å². The third kappa shape index (κ3) is 4.99. The number of morpholine rings is 1. The molecule has 0 aliphatic carbocycles. The fourth-order valence-corrected chi connectivity index (χ4v) is 3.58. The average molecular weight is 283 g/mol.